The minimum atomic E-state index is -0.00429. The summed E-state index contributed by atoms with van der Waals surface area (Å²) < 4.78 is 1.79. The van der Waals surface area contributed by atoms with Crippen LogP contribution in [0.2, 0.25) is 0 Å². The Morgan fingerprint density at radius 2 is 2.07 bits per heavy atom. The van der Waals surface area contributed by atoms with Crippen LogP contribution in [0.15, 0.2) is 6.33 Å². The quantitative estimate of drug-likeness (QED) is 0.789. The van der Waals surface area contributed by atoms with Crippen LogP contribution in [0.4, 0.5) is 0 Å². The predicted octanol–water partition coefficient (Wildman–Crippen LogP) is 2.13. The van der Waals surface area contributed by atoms with E-state index in [-0.39, 0.29) is 17.9 Å². The maximum Gasteiger partial charge on any atom is 0.252 e. The number of carbonyl (C=O) groups excluding carboxylic acids is 2. The van der Waals surface area contributed by atoms with Gasteiger partial charge in [-0.2, -0.15) is 0 Å². The Morgan fingerprint density at radius 1 is 1.22 bits per heavy atom. The number of hydrogen-bond donors (Lipinski definition) is 1. The topological polar surface area (TPSA) is 89.8 Å². The second kappa shape index (κ2) is 6.82. The van der Waals surface area contributed by atoms with Crippen LogP contribution in [0.25, 0.3) is 0 Å². The highest BCUT2D eigenvalue weighted by atomic mass is 32.1. The monoisotopic (exact) mass is 385 g/mol. The molecule has 3 aliphatic rings. The normalized spacial score (nSPS) is 21.7. The molecule has 7 nitrogen and oxygen atoms in total. The van der Waals surface area contributed by atoms with E-state index < -0.39 is 0 Å². The van der Waals surface area contributed by atoms with Gasteiger partial charge in [0, 0.05) is 28.6 Å². The van der Waals surface area contributed by atoms with E-state index in [2.05, 4.69) is 20.8 Å². The van der Waals surface area contributed by atoms with Crippen LogP contribution in [-0.4, -0.2) is 38.4 Å². The van der Waals surface area contributed by atoms with Gasteiger partial charge in [0.25, 0.3) is 5.91 Å². The molecule has 0 spiro atoms. The molecule has 0 radical (unpaired) electrons. The smallest absolute Gasteiger partial charge is 0.252 e. The number of Topliss-reactive ketones (excluding diaryl/α,β-unsaturated/α-hetero) is 1. The first-order valence-electron chi connectivity index (χ1n) is 9.86. The van der Waals surface area contributed by atoms with Crippen molar-refractivity contribution in [2.45, 2.75) is 57.4 Å². The molecule has 0 bridgehead atoms. The van der Waals surface area contributed by atoms with Gasteiger partial charge in [0.1, 0.15) is 12.1 Å². The van der Waals surface area contributed by atoms with Crippen LogP contribution in [0.3, 0.4) is 0 Å². The second-order valence-corrected chi connectivity index (χ2v) is 9.25. The van der Waals surface area contributed by atoms with Gasteiger partial charge in [0.05, 0.1) is 11.6 Å². The summed E-state index contributed by atoms with van der Waals surface area (Å²) in [5, 5.41) is 14.7. The minimum absolute atomic E-state index is 0.00429. The summed E-state index contributed by atoms with van der Waals surface area (Å²) in [6.07, 6.45) is 9.09. The van der Waals surface area contributed by atoms with Crippen LogP contribution < -0.4 is 5.32 Å². The number of ketones is 1. The van der Waals surface area contributed by atoms with Crippen LogP contribution >= 0.6 is 11.3 Å². The van der Waals surface area contributed by atoms with Crippen LogP contribution in [-0.2, 0) is 24.1 Å². The van der Waals surface area contributed by atoms with E-state index in [0.29, 0.717) is 18.1 Å². The summed E-state index contributed by atoms with van der Waals surface area (Å²) in [5.74, 6) is 1.15. The number of aryl methyl sites for hydroxylation is 1. The lowest BCUT2D eigenvalue weighted by Crippen LogP contribution is -2.28. The van der Waals surface area contributed by atoms with Gasteiger partial charge in [-0.25, -0.2) is 4.68 Å². The molecule has 142 valence electrons. The zero-order valence-corrected chi connectivity index (χ0v) is 16.0. The number of fused-ring (bicyclic) bond motifs is 1. The second-order valence-electron chi connectivity index (χ2n) is 8.06. The van der Waals surface area contributed by atoms with E-state index in [1.807, 2.05) is 0 Å². The molecule has 27 heavy (non-hydrogen) atoms. The van der Waals surface area contributed by atoms with Crippen molar-refractivity contribution in [3.8, 4) is 0 Å². The maximum atomic E-state index is 13.0. The summed E-state index contributed by atoms with van der Waals surface area (Å²) in [6.45, 7) is 0.746. The first-order chi connectivity index (χ1) is 13.2. The van der Waals surface area contributed by atoms with Crippen molar-refractivity contribution in [1.29, 1.82) is 0 Å². The molecule has 1 amide bonds. The Bertz CT molecular complexity index is 867. The summed E-state index contributed by atoms with van der Waals surface area (Å²) in [4.78, 5) is 27.7. The highest BCUT2D eigenvalue weighted by Crippen LogP contribution is 2.40. The predicted molar refractivity (Wildman–Crippen MR) is 99.7 cm³/mol. The lowest BCUT2D eigenvalue weighted by Gasteiger charge is -2.22. The van der Waals surface area contributed by atoms with Gasteiger partial charge >= 0.3 is 0 Å². The number of amides is 1. The van der Waals surface area contributed by atoms with Crippen molar-refractivity contribution < 1.29 is 9.59 Å². The number of carbonyl (C=O) groups is 2. The highest BCUT2D eigenvalue weighted by Gasteiger charge is 2.34. The molecule has 1 N–H and O–H groups in total. The number of hydrogen-bond acceptors (Lipinski definition) is 6. The zero-order chi connectivity index (χ0) is 18.4. The largest absolute Gasteiger partial charge is 0.352 e. The molecule has 1 unspecified atom stereocenters. The van der Waals surface area contributed by atoms with E-state index in [1.165, 1.54) is 17.7 Å². The van der Waals surface area contributed by atoms with E-state index >= 15 is 0 Å². The fraction of sp³-hybridized carbons (Fsp3) is 0.632. The number of nitrogens with zero attached hydrogens (tertiary/aromatic N) is 4. The molecule has 2 heterocycles. The Morgan fingerprint density at radius 3 is 2.78 bits per heavy atom. The summed E-state index contributed by atoms with van der Waals surface area (Å²) in [5.41, 5.74) is 1.88. The summed E-state index contributed by atoms with van der Waals surface area (Å²) in [6, 6.07) is 0.170. The number of tetrazole rings is 1. The van der Waals surface area contributed by atoms with Crippen LogP contribution in [0.5, 0.6) is 0 Å². The maximum absolute atomic E-state index is 13.0. The SMILES string of the molecule is O=C(NCC1CC1)c1c(CC(=O)C2CC2)sc2c1CC(n1cnnn1)CC2. The standard InChI is InChI=1S/C19H23N5O2S/c25-15(12-3-4-12)8-17-18(19(26)20-9-11-1-2-11)14-7-13(5-6-16(14)27-17)24-10-21-22-23-24/h10-13H,1-9H2,(H,20,26). The average molecular weight is 385 g/mol. The van der Waals surface area contributed by atoms with Crippen LogP contribution in [0.1, 0.15) is 63.8 Å². The highest BCUT2D eigenvalue weighted by molar-refractivity contribution is 7.12. The Hall–Kier alpha value is -2.09. The summed E-state index contributed by atoms with van der Waals surface area (Å²) in [7, 11) is 0. The Kier molecular flexibility index (Phi) is 4.30. The van der Waals surface area contributed by atoms with E-state index in [9.17, 15) is 9.59 Å². The van der Waals surface area contributed by atoms with Gasteiger partial charge < -0.3 is 5.32 Å². The van der Waals surface area contributed by atoms with Gasteiger partial charge in [-0.1, -0.05) is 0 Å². The molecule has 2 aromatic rings. The van der Waals surface area contributed by atoms with Crippen molar-refractivity contribution >= 4 is 23.0 Å². The molecular weight excluding hydrogens is 362 g/mol. The molecule has 2 fully saturated rings. The van der Waals surface area contributed by atoms with E-state index in [0.717, 1.165) is 54.7 Å². The van der Waals surface area contributed by atoms with Crippen molar-refractivity contribution in [2.24, 2.45) is 11.8 Å². The van der Waals surface area contributed by atoms with Gasteiger partial charge in [-0.15, -0.1) is 16.4 Å². The lowest BCUT2D eigenvalue weighted by molar-refractivity contribution is -0.119. The van der Waals surface area contributed by atoms with Crippen molar-refractivity contribution in [3.05, 3.63) is 27.2 Å². The summed E-state index contributed by atoms with van der Waals surface area (Å²) >= 11 is 1.67. The zero-order valence-electron chi connectivity index (χ0n) is 15.2. The van der Waals surface area contributed by atoms with E-state index in [4.69, 9.17) is 0 Å². The van der Waals surface area contributed by atoms with Gasteiger partial charge in [-0.05, 0) is 66.9 Å². The number of aromatic nitrogens is 4. The van der Waals surface area contributed by atoms with E-state index in [1.54, 1.807) is 22.3 Å². The third-order valence-corrected chi connectivity index (χ3v) is 7.18. The van der Waals surface area contributed by atoms with Crippen LogP contribution in [0, 0.1) is 11.8 Å². The first-order valence-corrected chi connectivity index (χ1v) is 10.7. The number of thiophene rings is 1. The third-order valence-electron chi connectivity index (χ3n) is 5.89. The lowest BCUT2D eigenvalue weighted by atomic mass is 9.90. The fourth-order valence-electron chi connectivity index (χ4n) is 3.93. The molecule has 8 heteroatoms. The average Bonchev–Trinajstić information content (AvgIpc) is 3.59. The molecule has 2 saturated carbocycles. The molecule has 0 aromatic carbocycles. The molecule has 5 rings (SSSR count). The van der Waals surface area contributed by atoms with Crippen molar-refractivity contribution in [3.63, 3.8) is 0 Å². The fourth-order valence-corrected chi connectivity index (χ4v) is 5.29. The molecule has 3 aliphatic carbocycles. The molecular formula is C19H23N5O2S. The number of nitrogens with one attached hydrogen (secondary N) is 1. The molecule has 0 saturated heterocycles. The Labute approximate surface area is 161 Å². The first kappa shape index (κ1) is 17.0. The minimum Gasteiger partial charge on any atom is -0.352 e. The van der Waals surface area contributed by atoms with Gasteiger partial charge in [0.2, 0.25) is 0 Å². The molecule has 1 atom stereocenters. The Balaban J connectivity index is 1.44. The van der Waals surface area contributed by atoms with Crippen molar-refractivity contribution in [2.75, 3.05) is 6.54 Å². The van der Waals surface area contributed by atoms with Gasteiger partial charge in [-0.3, -0.25) is 9.59 Å². The van der Waals surface area contributed by atoms with Crippen molar-refractivity contribution in [1.82, 2.24) is 25.5 Å². The molecule has 0 aliphatic heterocycles. The van der Waals surface area contributed by atoms with Gasteiger partial charge in [0.15, 0.2) is 0 Å². The number of rotatable bonds is 7. The third kappa shape index (κ3) is 3.54. The molecule has 2 aromatic heterocycles.